The summed E-state index contributed by atoms with van der Waals surface area (Å²) in [4.78, 5) is 14.7. The lowest BCUT2D eigenvalue weighted by Crippen LogP contribution is -2.47. The van der Waals surface area contributed by atoms with Gasteiger partial charge in [-0.05, 0) is 32.6 Å². The average Bonchev–Trinajstić information content (AvgIpc) is 2.77. The van der Waals surface area contributed by atoms with Gasteiger partial charge in [0.2, 0.25) is 5.91 Å². The number of nitrogens with two attached hydrogens (primary N) is 1. The molecule has 0 aliphatic heterocycles. The van der Waals surface area contributed by atoms with E-state index >= 15 is 0 Å². The van der Waals surface area contributed by atoms with Crippen molar-refractivity contribution in [3.63, 3.8) is 0 Å². The van der Waals surface area contributed by atoms with Crippen molar-refractivity contribution in [3.8, 4) is 0 Å². The number of hydrogen-bond donors (Lipinski definition) is 1. The Morgan fingerprint density at radius 2 is 1.82 bits per heavy atom. The van der Waals surface area contributed by atoms with Gasteiger partial charge >= 0.3 is 0 Å². The third-order valence-electron chi connectivity index (χ3n) is 4.53. The van der Waals surface area contributed by atoms with E-state index < -0.39 is 0 Å². The van der Waals surface area contributed by atoms with Gasteiger partial charge in [-0.2, -0.15) is 0 Å². The number of amides is 1. The molecular formula is C14H26N2O. The topological polar surface area (TPSA) is 46.3 Å². The fourth-order valence-electron chi connectivity index (χ4n) is 3.50. The molecule has 0 saturated heterocycles. The summed E-state index contributed by atoms with van der Waals surface area (Å²) in [5.74, 6) is 0.446. The maximum Gasteiger partial charge on any atom is 0.227 e. The van der Waals surface area contributed by atoms with E-state index in [-0.39, 0.29) is 12.0 Å². The molecule has 2 rings (SSSR count). The Kier molecular flexibility index (Phi) is 4.43. The van der Waals surface area contributed by atoms with Gasteiger partial charge in [0.25, 0.3) is 0 Å². The van der Waals surface area contributed by atoms with Gasteiger partial charge in [-0.1, -0.05) is 25.7 Å². The molecule has 2 aliphatic rings. The predicted molar refractivity (Wildman–Crippen MR) is 69.6 cm³/mol. The molecule has 0 spiro atoms. The highest BCUT2D eigenvalue weighted by atomic mass is 16.2. The Hall–Kier alpha value is -0.570. The van der Waals surface area contributed by atoms with E-state index in [0.29, 0.717) is 11.9 Å². The summed E-state index contributed by atoms with van der Waals surface area (Å²) in [5, 5.41) is 0. The molecule has 2 aliphatic carbocycles. The molecule has 98 valence electrons. The summed E-state index contributed by atoms with van der Waals surface area (Å²) in [6.07, 6.45) is 9.45. The Balaban J connectivity index is 1.98. The Labute approximate surface area is 105 Å². The van der Waals surface area contributed by atoms with Crippen molar-refractivity contribution < 1.29 is 4.79 Å². The molecule has 0 heterocycles. The minimum absolute atomic E-state index is 0.108. The molecule has 2 N–H and O–H groups in total. The predicted octanol–water partition coefficient (Wildman–Crippen LogP) is 2.29. The van der Waals surface area contributed by atoms with Crippen LogP contribution in [-0.2, 0) is 4.79 Å². The lowest BCUT2D eigenvalue weighted by atomic mass is 9.92. The van der Waals surface area contributed by atoms with Crippen molar-refractivity contribution in [3.05, 3.63) is 0 Å². The summed E-state index contributed by atoms with van der Waals surface area (Å²) >= 11 is 0. The second kappa shape index (κ2) is 5.85. The molecular weight excluding hydrogens is 212 g/mol. The first-order chi connectivity index (χ1) is 8.24. The first-order valence-corrected chi connectivity index (χ1v) is 7.30. The van der Waals surface area contributed by atoms with Crippen molar-refractivity contribution in [2.45, 2.75) is 70.4 Å². The number of hydrogen-bond acceptors (Lipinski definition) is 2. The molecule has 2 saturated carbocycles. The highest BCUT2D eigenvalue weighted by Gasteiger charge is 2.35. The van der Waals surface area contributed by atoms with Crippen molar-refractivity contribution in [1.29, 1.82) is 0 Å². The first kappa shape index (κ1) is 12.9. The fourth-order valence-corrected chi connectivity index (χ4v) is 3.50. The number of rotatable bonds is 3. The maximum atomic E-state index is 12.5. The number of carbonyl (C=O) groups is 1. The van der Waals surface area contributed by atoms with Crippen LogP contribution in [-0.4, -0.2) is 29.4 Å². The molecule has 0 aromatic carbocycles. The van der Waals surface area contributed by atoms with Gasteiger partial charge in [-0.25, -0.2) is 0 Å². The number of carbonyl (C=O) groups excluding carboxylic acids is 1. The van der Waals surface area contributed by atoms with Crippen LogP contribution in [0.4, 0.5) is 0 Å². The molecule has 3 heteroatoms. The van der Waals surface area contributed by atoms with Crippen LogP contribution in [0.1, 0.15) is 58.3 Å². The standard InChI is InChI=1S/C14H26N2O/c1-2-16(11-7-4-3-5-8-11)14(17)12-9-6-10-13(12)15/h11-13H,2-10,15H2,1H3. The molecule has 0 aromatic rings. The molecule has 2 fully saturated rings. The second-order valence-corrected chi connectivity index (χ2v) is 5.62. The second-order valence-electron chi connectivity index (χ2n) is 5.62. The smallest absolute Gasteiger partial charge is 0.227 e. The largest absolute Gasteiger partial charge is 0.340 e. The van der Waals surface area contributed by atoms with Gasteiger partial charge in [0, 0.05) is 18.6 Å². The van der Waals surface area contributed by atoms with E-state index in [2.05, 4.69) is 11.8 Å². The van der Waals surface area contributed by atoms with Crippen molar-refractivity contribution in [1.82, 2.24) is 4.90 Å². The third-order valence-corrected chi connectivity index (χ3v) is 4.53. The van der Waals surface area contributed by atoms with Crippen LogP contribution in [0.15, 0.2) is 0 Å². The monoisotopic (exact) mass is 238 g/mol. The Bertz CT molecular complexity index is 261. The van der Waals surface area contributed by atoms with Gasteiger partial charge in [-0.3, -0.25) is 4.79 Å². The summed E-state index contributed by atoms with van der Waals surface area (Å²) in [6, 6.07) is 0.606. The van der Waals surface area contributed by atoms with Gasteiger partial charge in [0.1, 0.15) is 0 Å². The minimum atomic E-state index is 0.108. The highest BCUT2D eigenvalue weighted by Crippen LogP contribution is 2.29. The van der Waals surface area contributed by atoms with Crippen molar-refractivity contribution in [2.75, 3.05) is 6.54 Å². The van der Waals surface area contributed by atoms with Crippen LogP contribution < -0.4 is 5.73 Å². The van der Waals surface area contributed by atoms with Crippen LogP contribution >= 0.6 is 0 Å². The van der Waals surface area contributed by atoms with E-state index in [1.165, 1.54) is 32.1 Å². The molecule has 1 amide bonds. The highest BCUT2D eigenvalue weighted by molar-refractivity contribution is 5.80. The lowest BCUT2D eigenvalue weighted by Gasteiger charge is -2.36. The zero-order chi connectivity index (χ0) is 12.3. The molecule has 2 atom stereocenters. The van der Waals surface area contributed by atoms with E-state index in [4.69, 9.17) is 5.73 Å². The Morgan fingerprint density at radius 1 is 1.12 bits per heavy atom. The zero-order valence-electron chi connectivity index (χ0n) is 11.0. The van der Waals surface area contributed by atoms with E-state index in [0.717, 1.165) is 25.8 Å². The molecule has 0 aromatic heterocycles. The van der Waals surface area contributed by atoms with E-state index in [9.17, 15) is 4.79 Å². The Morgan fingerprint density at radius 3 is 2.35 bits per heavy atom. The van der Waals surface area contributed by atoms with E-state index in [1.54, 1.807) is 0 Å². The molecule has 17 heavy (non-hydrogen) atoms. The van der Waals surface area contributed by atoms with Gasteiger partial charge in [0.15, 0.2) is 0 Å². The van der Waals surface area contributed by atoms with Gasteiger partial charge in [-0.15, -0.1) is 0 Å². The zero-order valence-corrected chi connectivity index (χ0v) is 11.0. The quantitative estimate of drug-likeness (QED) is 0.820. The summed E-state index contributed by atoms with van der Waals surface area (Å²) < 4.78 is 0. The van der Waals surface area contributed by atoms with Crippen LogP contribution in [0.25, 0.3) is 0 Å². The third kappa shape index (κ3) is 2.82. The average molecular weight is 238 g/mol. The van der Waals surface area contributed by atoms with Crippen molar-refractivity contribution >= 4 is 5.91 Å². The fraction of sp³-hybridized carbons (Fsp3) is 0.929. The SMILES string of the molecule is CCN(C(=O)C1CCCC1N)C1CCCCC1. The minimum Gasteiger partial charge on any atom is -0.340 e. The molecule has 2 unspecified atom stereocenters. The lowest BCUT2D eigenvalue weighted by molar-refractivity contribution is -0.138. The van der Waals surface area contributed by atoms with Crippen LogP contribution in [0.3, 0.4) is 0 Å². The van der Waals surface area contributed by atoms with Crippen LogP contribution in [0, 0.1) is 5.92 Å². The summed E-state index contributed by atoms with van der Waals surface area (Å²) in [6.45, 7) is 2.96. The number of nitrogens with zero attached hydrogens (tertiary/aromatic N) is 1. The molecule has 0 radical (unpaired) electrons. The first-order valence-electron chi connectivity index (χ1n) is 7.30. The summed E-state index contributed by atoms with van der Waals surface area (Å²) in [5.41, 5.74) is 6.05. The van der Waals surface area contributed by atoms with Gasteiger partial charge in [0.05, 0.1) is 5.92 Å². The van der Waals surface area contributed by atoms with E-state index in [1.807, 2.05) is 0 Å². The van der Waals surface area contributed by atoms with Crippen LogP contribution in [0.2, 0.25) is 0 Å². The normalized spacial score (nSPS) is 30.5. The van der Waals surface area contributed by atoms with Crippen molar-refractivity contribution in [2.24, 2.45) is 11.7 Å². The van der Waals surface area contributed by atoms with Crippen LogP contribution in [0.5, 0.6) is 0 Å². The molecule has 3 nitrogen and oxygen atoms in total. The summed E-state index contributed by atoms with van der Waals surface area (Å²) in [7, 11) is 0. The maximum absolute atomic E-state index is 12.5. The van der Waals surface area contributed by atoms with Gasteiger partial charge < -0.3 is 10.6 Å². The molecule has 0 bridgehead atoms.